The van der Waals surface area contributed by atoms with Gasteiger partial charge in [0.05, 0.1) is 22.7 Å². The summed E-state index contributed by atoms with van der Waals surface area (Å²) in [6.45, 7) is 1.96. The van der Waals surface area contributed by atoms with Crippen LogP contribution in [0.1, 0.15) is 17.1 Å². The molecular weight excluding hydrogens is 284 g/mol. The standard InChI is InChI=1S/C15H10N4O3/c1-9-2-4-12-13(6-9)18-15(17-12)10(8-16)7-11-3-5-14(22-11)19(20)21/h2-7H,1H3,(H,17,18). The molecule has 0 unspecified atom stereocenters. The first-order valence-corrected chi connectivity index (χ1v) is 6.39. The third-order valence-electron chi connectivity index (χ3n) is 3.09. The number of aryl methyl sites for hydroxylation is 1. The predicted octanol–water partition coefficient (Wildman–Crippen LogP) is 3.44. The Morgan fingerprint density at radius 2 is 2.27 bits per heavy atom. The number of nitrogens with one attached hydrogen (secondary N) is 1. The molecule has 0 aliphatic carbocycles. The van der Waals surface area contributed by atoms with Crippen LogP contribution >= 0.6 is 0 Å². The Kier molecular flexibility index (Phi) is 3.20. The van der Waals surface area contributed by atoms with Gasteiger partial charge in [0.2, 0.25) is 0 Å². The lowest BCUT2D eigenvalue weighted by molar-refractivity contribution is -0.402. The van der Waals surface area contributed by atoms with E-state index in [0.717, 1.165) is 16.6 Å². The number of aromatic amines is 1. The van der Waals surface area contributed by atoms with Crippen LogP contribution in [0.4, 0.5) is 5.88 Å². The van der Waals surface area contributed by atoms with Gasteiger partial charge in [-0.25, -0.2) is 4.98 Å². The molecule has 1 aromatic carbocycles. The van der Waals surface area contributed by atoms with Crippen molar-refractivity contribution in [3.8, 4) is 6.07 Å². The minimum absolute atomic E-state index is 0.222. The fourth-order valence-corrected chi connectivity index (χ4v) is 2.06. The van der Waals surface area contributed by atoms with Crippen molar-refractivity contribution in [1.82, 2.24) is 9.97 Å². The van der Waals surface area contributed by atoms with Crippen molar-refractivity contribution in [3.05, 3.63) is 57.6 Å². The zero-order chi connectivity index (χ0) is 15.7. The van der Waals surface area contributed by atoms with Gasteiger partial charge in [0, 0.05) is 6.08 Å². The van der Waals surface area contributed by atoms with Crippen LogP contribution in [0.2, 0.25) is 0 Å². The Morgan fingerprint density at radius 3 is 2.95 bits per heavy atom. The number of furan rings is 1. The Hall–Kier alpha value is -3.40. The first kappa shape index (κ1) is 13.6. The highest BCUT2D eigenvalue weighted by atomic mass is 16.6. The van der Waals surface area contributed by atoms with E-state index in [2.05, 4.69) is 9.97 Å². The number of nitriles is 1. The fraction of sp³-hybridized carbons (Fsp3) is 0.0667. The zero-order valence-electron chi connectivity index (χ0n) is 11.5. The molecule has 0 radical (unpaired) electrons. The molecule has 0 amide bonds. The fourth-order valence-electron chi connectivity index (χ4n) is 2.06. The molecule has 3 rings (SSSR count). The molecule has 0 bridgehead atoms. The van der Waals surface area contributed by atoms with Crippen LogP contribution in [0.25, 0.3) is 22.7 Å². The Morgan fingerprint density at radius 1 is 1.45 bits per heavy atom. The van der Waals surface area contributed by atoms with E-state index in [4.69, 9.17) is 4.42 Å². The molecule has 3 aromatic rings. The molecule has 0 atom stereocenters. The largest absolute Gasteiger partial charge is 0.433 e. The van der Waals surface area contributed by atoms with Crippen molar-refractivity contribution in [1.29, 1.82) is 5.26 Å². The summed E-state index contributed by atoms with van der Waals surface area (Å²) in [5.41, 5.74) is 2.87. The first-order valence-electron chi connectivity index (χ1n) is 6.39. The lowest BCUT2D eigenvalue weighted by Crippen LogP contribution is -1.84. The van der Waals surface area contributed by atoms with Crippen molar-refractivity contribution < 1.29 is 9.34 Å². The molecule has 22 heavy (non-hydrogen) atoms. The van der Waals surface area contributed by atoms with Gasteiger partial charge >= 0.3 is 5.88 Å². The minimum atomic E-state index is -0.632. The van der Waals surface area contributed by atoms with Crippen LogP contribution < -0.4 is 0 Å². The zero-order valence-corrected chi connectivity index (χ0v) is 11.5. The van der Waals surface area contributed by atoms with Crippen LogP contribution in [0.5, 0.6) is 0 Å². The monoisotopic (exact) mass is 294 g/mol. The van der Waals surface area contributed by atoms with E-state index in [1.807, 2.05) is 31.2 Å². The van der Waals surface area contributed by atoms with Gasteiger partial charge in [0.25, 0.3) is 0 Å². The lowest BCUT2D eigenvalue weighted by Gasteiger charge is -1.91. The number of rotatable bonds is 3. The van der Waals surface area contributed by atoms with Gasteiger partial charge in [-0.05, 0) is 30.7 Å². The van der Waals surface area contributed by atoms with Gasteiger partial charge in [-0.1, -0.05) is 6.07 Å². The van der Waals surface area contributed by atoms with Crippen molar-refractivity contribution >= 4 is 28.6 Å². The minimum Gasteiger partial charge on any atom is -0.401 e. The van der Waals surface area contributed by atoms with E-state index in [0.29, 0.717) is 5.82 Å². The molecule has 1 N–H and O–H groups in total. The number of fused-ring (bicyclic) bond motifs is 1. The normalized spacial score (nSPS) is 11.5. The third kappa shape index (κ3) is 2.45. The molecule has 108 valence electrons. The topological polar surface area (TPSA) is 109 Å². The maximum atomic E-state index is 10.6. The van der Waals surface area contributed by atoms with Crippen LogP contribution in [0.3, 0.4) is 0 Å². The molecule has 0 fully saturated rings. The molecule has 0 aliphatic heterocycles. The van der Waals surface area contributed by atoms with E-state index in [1.165, 1.54) is 18.2 Å². The Balaban J connectivity index is 2.03. The predicted molar refractivity (Wildman–Crippen MR) is 79.7 cm³/mol. The lowest BCUT2D eigenvalue weighted by atomic mass is 10.2. The summed E-state index contributed by atoms with van der Waals surface area (Å²) >= 11 is 0. The summed E-state index contributed by atoms with van der Waals surface area (Å²) in [6, 6.07) is 10.4. The number of imidazole rings is 1. The van der Waals surface area contributed by atoms with E-state index >= 15 is 0 Å². The quantitative estimate of drug-likeness (QED) is 0.452. The van der Waals surface area contributed by atoms with E-state index in [1.54, 1.807) is 0 Å². The van der Waals surface area contributed by atoms with Crippen molar-refractivity contribution in [3.63, 3.8) is 0 Å². The summed E-state index contributed by atoms with van der Waals surface area (Å²) in [7, 11) is 0. The molecule has 2 aromatic heterocycles. The molecule has 7 nitrogen and oxygen atoms in total. The highest BCUT2D eigenvalue weighted by Crippen LogP contribution is 2.22. The first-order chi connectivity index (χ1) is 10.6. The van der Waals surface area contributed by atoms with Gasteiger partial charge in [0.15, 0.2) is 0 Å². The molecular formula is C15H10N4O3. The maximum absolute atomic E-state index is 10.6. The van der Waals surface area contributed by atoms with Crippen molar-refractivity contribution in [2.24, 2.45) is 0 Å². The highest BCUT2D eigenvalue weighted by Gasteiger charge is 2.13. The van der Waals surface area contributed by atoms with Crippen LogP contribution in [0, 0.1) is 28.4 Å². The number of nitro groups is 1. The maximum Gasteiger partial charge on any atom is 0.433 e. The number of aromatic nitrogens is 2. The molecule has 2 heterocycles. The summed E-state index contributed by atoms with van der Waals surface area (Å²) in [5, 5.41) is 19.9. The summed E-state index contributed by atoms with van der Waals surface area (Å²) < 4.78 is 5.02. The Labute approximate surface area is 124 Å². The van der Waals surface area contributed by atoms with Gasteiger partial charge < -0.3 is 9.40 Å². The summed E-state index contributed by atoms with van der Waals surface area (Å²) in [4.78, 5) is 17.4. The average molecular weight is 294 g/mol. The van der Waals surface area contributed by atoms with Gasteiger partial charge in [-0.2, -0.15) is 5.26 Å². The van der Waals surface area contributed by atoms with E-state index in [-0.39, 0.29) is 17.2 Å². The molecule has 0 saturated carbocycles. The average Bonchev–Trinajstić information content (AvgIpc) is 3.10. The summed E-state index contributed by atoms with van der Waals surface area (Å²) in [5.74, 6) is 0.241. The molecule has 0 spiro atoms. The number of hydrogen-bond donors (Lipinski definition) is 1. The van der Waals surface area contributed by atoms with Crippen LogP contribution in [0.15, 0.2) is 34.7 Å². The molecule has 7 heteroatoms. The highest BCUT2D eigenvalue weighted by molar-refractivity contribution is 5.89. The third-order valence-corrected chi connectivity index (χ3v) is 3.09. The van der Waals surface area contributed by atoms with Crippen LogP contribution in [-0.4, -0.2) is 14.9 Å². The van der Waals surface area contributed by atoms with Crippen molar-refractivity contribution in [2.45, 2.75) is 6.92 Å². The SMILES string of the molecule is Cc1ccc2nc(C(C#N)=Cc3ccc([N+](=O)[O-])o3)[nH]c2c1. The van der Waals surface area contributed by atoms with Gasteiger partial charge in [-0.3, -0.25) is 10.1 Å². The molecule has 0 saturated heterocycles. The number of H-pyrrole nitrogens is 1. The summed E-state index contributed by atoms with van der Waals surface area (Å²) in [6.07, 6.45) is 1.41. The number of nitrogens with zero attached hydrogens (tertiary/aromatic N) is 3. The van der Waals surface area contributed by atoms with Gasteiger partial charge in [0.1, 0.15) is 22.6 Å². The second kappa shape index (κ2) is 5.18. The van der Waals surface area contributed by atoms with Crippen molar-refractivity contribution in [2.75, 3.05) is 0 Å². The van der Waals surface area contributed by atoms with Gasteiger partial charge in [-0.15, -0.1) is 0 Å². The molecule has 0 aliphatic rings. The smallest absolute Gasteiger partial charge is 0.401 e. The second-order valence-electron chi connectivity index (χ2n) is 4.71. The number of benzene rings is 1. The number of allylic oxidation sites excluding steroid dienone is 1. The Bertz CT molecular complexity index is 943. The van der Waals surface area contributed by atoms with E-state index in [9.17, 15) is 15.4 Å². The second-order valence-corrected chi connectivity index (χ2v) is 4.71. The van der Waals surface area contributed by atoms with Crippen LogP contribution in [-0.2, 0) is 0 Å². The van der Waals surface area contributed by atoms with E-state index < -0.39 is 4.92 Å². The number of hydrogen-bond acceptors (Lipinski definition) is 5.